The van der Waals surface area contributed by atoms with Crippen molar-refractivity contribution in [1.29, 1.82) is 5.26 Å². The van der Waals surface area contributed by atoms with E-state index in [0.29, 0.717) is 41.5 Å². The third-order valence-electron chi connectivity index (χ3n) is 6.22. The van der Waals surface area contributed by atoms with Crippen LogP contribution in [0.5, 0.6) is 11.5 Å². The van der Waals surface area contributed by atoms with Crippen LogP contribution in [-0.2, 0) is 14.3 Å². The number of benzene rings is 2. The molecule has 2 aromatic carbocycles. The first kappa shape index (κ1) is 24.0. The first-order valence-electron chi connectivity index (χ1n) is 11.7. The molecule has 9 nitrogen and oxygen atoms in total. The number of imide groups is 1. The van der Waals surface area contributed by atoms with Crippen molar-refractivity contribution in [3.05, 3.63) is 77.0 Å². The molecule has 0 N–H and O–H groups in total. The number of ether oxygens (including phenoxy) is 3. The number of nitrogens with zero attached hydrogens (tertiary/aromatic N) is 4. The number of fused-ring (bicyclic) bond motifs is 1. The molecule has 2 amide bonds. The molecule has 37 heavy (non-hydrogen) atoms. The van der Waals surface area contributed by atoms with E-state index in [9.17, 15) is 14.9 Å². The van der Waals surface area contributed by atoms with E-state index >= 15 is 0 Å². The molecule has 9 heteroatoms. The van der Waals surface area contributed by atoms with E-state index in [2.05, 4.69) is 0 Å². The van der Waals surface area contributed by atoms with Gasteiger partial charge in [0.2, 0.25) is 0 Å². The number of carbonyl (C=O) groups is 2. The average Bonchev–Trinajstić information content (AvgIpc) is 3.35. The van der Waals surface area contributed by atoms with E-state index in [1.165, 1.54) is 7.11 Å². The normalized spacial score (nSPS) is 16.4. The van der Waals surface area contributed by atoms with Crippen LogP contribution in [0.4, 0.5) is 0 Å². The minimum Gasteiger partial charge on any atom is -0.486 e. The lowest BCUT2D eigenvalue weighted by Gasteiger charge is -2.27. The third-order valence-corrected chi connectivity index (χ3v) is 6.22. The molecule has 0 spiro atoms. The quantitative estimate of drug-likeness (QED) is 0.379. The van der Waals surface area contributed by atoms with Crippen molar-refractivity contribution in [2.45, 2.75) is 6.92 Å². The Hall–Kier alpha value is -4.68. The molecule has 3 heterocycles. The molecule has 0 fully saturated rings. The number of hydrogen-bond acceptors (Lipinski definition) is 7. The lowest BCUT2D eigenvalue weighted by molar-refractivity contribution is -0.141. The first-order chi connectivity index (χ1) is 18.0. The zero-order chi connectivity index (χ0) is 25.9. The van der Waals surface area contributed by atoms with Crippen LogP contribution in [-0.4, -0.2) is 60.0 Å². The molecule has 0 bridgehead atoms. The minimum absolute atomic E-state index is 0.0439. The summed E-state index contributed by atoms with van der Waals surface area (Å²) in [6.45, 7) is 2.75. The second-order valence-electron chi connectivity index (χ2n) is 8.50. The Bertz CT molecular complexity index is 1480. The van der Waals surface area contributed by atoms with E-state index in [0.717, 1.165) is 16.2 Å². The summed E-state index contributed by atoms with van der Waals surface area (Å²) < 4.78 is 18.2. The maximum absolute atomic E-state index is 13.4. The summed E-state index contributed by atoms with van der Waals surface area (Å²) >= 11 is 0. The van der Waals surface area contributed by atoms with E-state index in [-0.39, 0.29) is 24.3 Å². The van der Waals surface area contributed by atoms with Crippen molar-refractivity contribution >= 4 is 17.9 Å². The molecule has 3 aromatic rings. The summed E-state index contributed by atoms with van der Waals surface area (Å²) in [5, 5.41) is 14.5. The highest BCUT2D eigenvalue weighted by Crippen LogP contribution is 2.37. The molecule has 186 valence electrons. The van der Waals surface area contributed by atoms with Gasteiger partial charge in [0.15, 0.2) is 11.5 Å². The number of rotatable bonds is 6. The van der Waals surface area contributed by atoms with E-state index in [1.54, 1.807) is 17.7 Å². The topological polar surface area (TPSA) is 107 Å². The summed E-state index contributed by atoms with van der Waals surface area (Å²) in [7, 11) is 1.49. The van der Waals surface area contributed by atoms with Crippen LogP contribution in [0.15, 0.2) is 71.4 Å². The summed E-state index contributed by atoms with van der Waals surface area (Å²) in [6, 6.07) is 17.1. The van der Waals surface area contributed by atoms with Gasteiger partial charge in [-0.05, 0) is 48.9 Å². The molecule has 2 aliphatic heterocycles. The number of methoxy groups -OCH3 is 1. The van der Waals surface area contributed by atoms with Crippen LogP contribution in [0.25, 0.3) is 23.0 Å². The highest BCUT2D eigenvalue weighted by Gasteiger charge is 2.35. The Kier molecular flexibility index (Phi) is 6.58. The number of amides is 2. The van der Waals surface area contributed by atoms with E-state index < -0.39 is 11.8 Å². The number of carbonyl (C=O) groups excluding carboxylic acids is 2. The molecule has 0 atom stereocenters. The van der Waals surface area contributed by atoms with Gasteiger partial charge in [-0.25, -0.2) is 4.68 Å². The van der Waals surface area contributed by atoms with Crippen LogP contribution >= 0.6 is 0 Å². The van der Waals surface area contributed by atoms with Gasteiger partial charge in [0, 0.05) is 30.0 Å². The summed E-state index contributed by atoms with van der Waals surface area (Å²) in [4.78, 5) is 27.3. The van der Waals surface area contributed by atoms with Crippen LogP contribution in [0.3, 0.4) is 0 Å². The first-order valence-corrected chi connectivity index (χ1v) is 11.7. The van der Waals surface area contributed by atoms with Gasteiger partial charge in [-0.3, -0.25) is 14.5 Å². The van der Waals surface area contributed by atoms with Gasteiger partial charge in [0.05, 0.1) is 18.8 Å². The predicted octanol–water partition coefficient (Wildman–Crippen LogP) is 3.55. The predicted molar refractivity (Wildman–Crippen MR) is 135 cm³/mol. The van der Waals surface area contributed by atoms with Crippen LogP contribution in [0.2, 0.25) is 0 Å². The van der Waals surface area contributed by atoms with E-state index in [1.807, 2.05) is 60.8 Å². The average molecular weight is 497 g/mol. The number of para-hydroxylation sites is 1. The van der Waals surface area contributed by atoms with E-state index in [4.69, 9.17) is 19.3 Å². The lowest BCUT2D eigenvalue weighted by atomic mass is 9.93. The highest BCUT2D eigenvalue weighted by atomic mass is 16.6. The Morgan fingerprint density at radius 1 is 1.08 bits per heavy atom. The summed E-state index contributed by atoms with van der Waals surface area (Å²) in [6.07, 6.45) is 3.50. The third kappa shape index (κ3) is 4.50. The van der Waals surface area contributed by atoms with Crippen molar-refractivity contribution < 1.29 is 23.8 Å². The minimum atomic E-state index is -0.619. The molecule has 2 aliphatic rings. The van der Waals surface area contributed by atoms with Crippen molar-refractivity contribution in [1.82, 2.24) is 14.7 Å². The van der Waals surface area contributed by atoms with Crippen LogP contribution in [0.1, 0.15) is 12.5 Å². The van der Waals surface area contributed by atoms with Crippen molar-refractivity contribution in [2.75, 3.05) is 33.5 Å². The molecule has 0 radical (unpaired) electrons. The number of aromatic nitrogens is 2. The van der Waals surface area contributed by atoms with Crippen molar-refractivity contribution in [3.63, 3.8) is 0 Å². The zero-order valence-electron chi connectivity index (χ0n) is 20.4. The standard InChI is InChI=1S/C28H24N4O5/c1-18-22(27(33)31(10-11-35-2)28(34)23(18)16-29)14-20-17-32(21-6-4-3-5-7-21)30-26(20)19-8-9-24-25(15-19)37-13-12-36-24/h3-9,14-15,17H,10-13H2,1-2H3/b22-14+. The maximum Gasteiger partial charge on any atom is 0.271 e. The fourth-order valence-electron chi connectivity index (χ4n) is 4.29. The molecule has 0 saturated carbocycles. The van der Waals surface area contributed by atoms with Gasteiger partial charge in [-0.15, -0.1) is 0 Å². The Morgan fingerprint density at radius 2 is 1.84 bits per heavy atom. The van der Waals surface area contributed by atoms with Gasteiger partial charge in [-0.1, -0.05) is 18.2 Å². The Labute approximate surface area is 213 Å². The zero-order valence-corrected chi connectivity index (χ0v) is 20.4. The largest absolute Gasteiger partial charge is 0.486 e. The molecule has 5 rings (SSSR count). The smallest absolute Gasteiger partial charge is 0.271 e. The SMILES string of the molecule is COCCN1C(=O)C(C#N)=C(C)/C(=C\c2cn(-c3ccccc3)nc2-c2ccc3c(c2)OCCO3)C1=O. The molecule has 0 unspecified atom stereocenters. The number of nitriles is 1. The fraction of sp³-hybridized carbons (Fsp3) is 0.214. The molecule has 0 aliphatic carbocycles. The molecule has 1 aromatic heterocycles. The Balaban J connectivity index is 1.67. The van der Waals surface area contributed by atoms with Crippen molar-refractivity contribution in [3.8, 4) is 34.5 Å². The Morgan fingerprint density at radius 3 is 2.57 bits per heavy atom. The highest BCUT2D eigenvalue weighted by molar-refractivity contribution is 6.19. The lowest BCUT2D eigenvalue weighted by Crippen LogP contribution is -2.44. The second kappa shape index (κ2) is 10.1. The van der Waals surface area contributed by atoms with Crippen LogP contribution < -0.4 is 9.47 Å². The van der Waals surface area contributed by atoms with Crippen LogP contribution in [0, 0.1) is 11.3 Å². The van der Waals surface area contributed by atoms with Gasteiger partial charge >= 0.3 is 0 Å². The van der Waals surface area contributed by atoms with Gasteiger partial charge < -0.3 is 14.2 Å². The number of hydrogen-bond donors (Lipinski definition) is 0. The summed E-state index contributed by atoms with van der Waals surface area (Å²) in [5.74, 6) is 0.166. The maximum atomic E-state index is 13.4. The van der Waals surface area contributed by atoms with Gasteiger partial charge in [0.25, 0.3) is 11.8 Å². The molecular weight excluding hydrogens is 472 g/mol. The summed E-state index contributed by atoms with van der Waals surface area (Å²) in [5.41, 5.74) is 3.35. The second-order valence-corrected chi connectivity index (χ2v) is 8.50. The van der Waals surface area contributed by atoms with Crippen molar-refractivity contribution in [2.24, 2.45) is 0 Å². The molecular formula is C28H24N4O5. The monoisotopic (exact) mass is 496 g/mol. The van der Waals surface area contributed by atoms with Gasteiger partial charge in [-0.2, -0.15) is 10.4 Å². The molecule has 0 saturated heterocycles. The van der Waals surface area contributed by atoms with Gasteiger partial charge in [0.1, 0.15) is 30.6 Å². The fourth-order valence-corrected chi connectivity index (χ4v) is 4.29.